The maximum Gasteiger partial charge on any atom is 0.0359 e. The molecular weight excluding hydrogens is 198 g/mol. The minimum absolute atomic E-state index is 0.641. The van der Waals surface area contributed by atoms with Crippen molar-refractivity contribution < 1.29 is 0 Å². The van der Waals surface area contributed by atoms with Crippen molar-refractivity contribution in [3.05, 3.63) is 24.0 Å². The van der Waals surface area contributed by atoms with E-state index >= 15 is 0 Å². The molecule has 0 saturated heterocycles. The molecule has 0 atom stereocenters. The van der Waals surface area contributed by atoms with Gasteiger partial charge in [0.2, 0.25) is 0 Å². The fourth-order valence-electron chi connectivity index (χ4n) is 1.90. The Hall–Kier alpha value is -0.800. The molecule has 0 aliphatic carbocycles. The lowest BCUT2D eigenvalue weighted by atomic mass is 10.3. The van der Waals surface area contributed by atoms with Gasteiger partial charge in [-0.2, -0.15) is 0 Å². The molecule has 1 heterocycles. The summed E-state index contributed by atoms with van der Waals surface area (Å²) in [5.41, 5.74) is 1.34. The molecular formula is C13H25N3. The molecule has 1 aromatic heterocycles. The Labute approximate surface area is 99.4 Å². The molecule has 0 fully saturated rings. The predicted octanol–water partition coefficient (Wildman–Crippen LogP) is 1.84. The van der Waals surface area contributed by atoms with Crippen LogP contribution in [0, 0.1) is 0 Å². The first-order valence-electron chi connectivity index (χ1n) is 6.20. The van der Waals surface area contributed by atoms with Gasteiger partial charge < -0.3 is 9.88 Å². The third-order valence-corrected chi connectivity index (χ3v) is 3.07. The summed E-state index contributed by atoms with van der Waals surface area (Å²) in [6, 6.07) is 4.89. The molecule has 0 radical (unpaired) electrons. The van der Waals surface area contributed by atoms with Crippen molar-refractivity contribution in [2.45, 2.75) is 33.4 Å². The molecule has 92 valence electrons. The molecule has 0 unspecified atom stereocenters. The van der Waals surface area contributed by atoms with E-state index in [1.54, 1.807) is 0 Å². The summed E-state index contributed by atoms with van der Waals surface area (Å²) in [5.74, 6) is 0. The monoisotopic (exact) mass is 223 g/mol. The average Bonchev–Trinajstić information content (AvgIpc) is 2.64. The van der Waals surface area contributed by atoms with E-state index in [9.17, 15) is 0 Å². The molecule has 3 nitrogen and oxygen atoms in total. The number of rotatable bonds is 7. The molecule has 16 heavy (non-hydrogen) atoms. The van der Waals surface area contributed by atoms with Gasteiger partial charge in [0.05, 0.1) is 0 Å². The molecule has 1 N–H and O–H groups in total. The van der Waals surface area contributed by atoms with Crippen molar-refractivity contribution in [3.8, 4) is 0 Å². The van der Waals surface area contributed by atoms with E-state index in [-0.39, 0.29) is 0 Å². The zero-order valence-electron chi connectivity index (χ0n) is 11.0. The maximum absolute atomic E-state index is 3.49. The number of aromatic nitrogens is 1. The number of hydrogen-bond acceptors (Lipinski definition) is 2. The molecule has 0 spiro atoms. The lowest BCUT2D eigenvalue weighted by Gasteiger charge is -2.24. The highest BCUT2D eigenvalue weighted by molar-refractivity contribution is 5.05. The molecule has 0 bridgehead atoms. The van der Waals surface area contributed by atoms with Crippen LogP contribution in [0.2, 0.25) is 0 Å². The van der Waals surface area contributed by atoms with Crippen LogP contribution in [0.3, 0.4) is 0 Å². The van der Waals surface area contributed by atoms with Gasteiger partial charge in [-0.25, -0.2) is 0 Å². The third-order valence-electron chi connectivity index (χ3n) is 3.07. The fraction of sp³-hybridized carbons (Fsp3) is 0.692. The van der Waals surface area contributed by atoms with E-state index in [0.717, 1.165) is 26.2 Å². The lowest BCUT2D eigenvalue weighted by molar-refractivity contribution is 0.233. The van der Waals surface area contributed by atoms with Crippen molar-refractivity contribution in [2.75, 3.05) is 19.6 Å². The van der Waals surface area contributed by atoms with E-state index in [2.05, 4.69) is 60.9 Å². The topological polar surface area (TPSA) is 20.2 Å². The second kappa shape index (κ2) is 6.71. The van der Waals surface area contributed by atoms with Gasteiger partial charge in [-0.3, -0.25) is 4.90 Å². The molecule has 0 aliphatic rings. The molecule has 0 amide bonds. The van der Waals surface area contributed by atoms with Crippen molar-refractivity contribution in [1.82, 2.24) is 14.8 Å². The zero-order valence-corrected chi connectivity index (χ0v) is 11.0. The Kier molecular flexibility index (Phi) is 5.56. The summed E-state index contributed by atoms with van der Waals surface area (Å²) >= 11 is 0. The van der Waals surface area contributed by atoms with Crippen LogP contribution in [0.4, 0.5) is 0 Å². The Morgan fingerprint density at radius 3 is 2.69 bits per heavy atom. The van der Waals surface area contributed by atoms with Crippen LogP contribution >= 0.6 is 0 Å². The normalized spacial score (nSPS) is 11.6. The number of hydrogen-bond donors (Lipinski definition) is 1. The maximum atomic E-state index is 3.49. The third kappa shape index (κ3) is 3.99. The second-order valence-electron chi connectivity index (χ2n) is 4.51. The fourth-order valence-corrected chi connectivity index (χ4v) is 1.90. The molecule has 0 aromatic carbocycles. The van der Waals surface area contributed by atoms with Gasteiger partial charge in [0.1, 0.15) is 0 Å². The van der Waals surface area contributed by atoms with Crippen molar-refractivity contribution in [1.29, 1.82) is 0 Å². The Morgan fingerprint density at radius 1 is 1.44 bits per heavy atom. The standard InChI is InChI=1S/C13H25N3/c1-5-16(12(2)3)10-8-14-11-13-7-6-9-15(13)4/h6-7,9,12,14H,5,8,10-11H2,1-4H3. The van der Waals surface area contributed by atoms with Crippen LogP contribution in [-0.2, 0) is 13.6 Å². The summed E-state index contributed by atoms with van der Waals surface area (Å²) in [6.45, 7) is 11.0. The zero-order chi connectivity index (χ0) is 12.0. The number of nitrogens with one attached hydrogen (secondary N) is 1. The highest BCUT2D eigenvalue weighted by atomic mass is 15.2. The first-order valence-corrected chi connectivity index (χ1v) is 6.20. The van der Waals surface area contributed by atoms with Gasteiger partial charge in [0.25, 0.3) is 0 Å². The Morgan fingerprint density at radius 2 is 2.19 bits per heavy atom. The van der Waals surface area contributed by atoms with Gasteiger partial charge in [0.15, 0.2) is 0 Å². The predicted molar refractivity (Wildman–Crippen MR) is 69.5 cm³/mol. The minimum atomic E-state index is 0.641. The first kappa shape index (κ1) is 13.3. The van der Waals surface area contributed by atoms with E-state index in [4.69, 9.17) is 0 Å². The van der Waals surface area contributed by atoms with Crippen molar-refractivity contribution in [2.24, 2.45) is 7.05 Å². The minimum Gasteiger partial charge on any atom is -0.353 e. The summed E-state index contributed by atoms with van der Waals surface area (Å²) in [5, 5.41) is 3.49. The van der Waals surface area contributed by atoms with Crippen LogP contribution in [0.25, 0.3) is 0 Å². The number of likely N-dealkylation sites (N-methyl/N-ethyl adjacent to an activating group) is 1. The molecule has 0 saturated carbocycles. The summed E-state index contributed by atoms with van der Waals surface area (Å²) < 4.78 is 2.16. The number of nitrogens with zero attached hydrogens (tertiary/aromatic N) is 2. The molecule has 1 rings (SSSR count). The van der Waals surface area contributed by atoms with E-state index in [0.29, 0.717) is 6.04 Å². The van der Waals surface area contributed by atoms with Crippen LogP contribution < -0.4 is 5.32 Å². The molecule has 1 aromatic rings. The van der Waals surface area contributed by atoms with Crippen molar-refractivity contribution >= 4 is 0 Å². The van der Waals surface area contributed by atoms with Gasteiger partial charge in [-0.05, 0) is 32.5 Å². The van der Waals surface area contributed by atoms with Crippen LogP contribution in [0.1, 0.15) is 26.5 Å². The van der Waals surface area contributed by atoms with E-state index in [1.807, 2.05) is 0 Å². The summed E-state index contributed by atoms with van der Waals surface area (Å²) in [6.07, 6.45) is 2.09. The summed E-state index contributed by atoms with van der Waals surface area (Å²) in [4.78, 5) is 2.47. The van der Waals surface area contributed by atoms with E-state index in [1.165, 1.54) is 5.69 Å². The SMILES string of the molecule is CCN(CCNCc1cccn1C)C(C)C. The Bertz CT molecular complexity index is 291. The smallest absolute Gasteiger partial charge is 0.0359 e. The summed E-state index contributed by atoms with van der Waals surface area (Å²) in [7, 11) is 2.09. The van der Waals surface area contributed by atoms with Crippen LogP contribution in [-0.4, -0.2) is 35.1 Å². The van der Waals surface area contributed by atoms with Crippen LogP contribution in [0.15, 0.2) is 18.3 Å². The second-order valence-corrected chi connectivity index (χ2v) is 4.51. The lowest BCUT2D eigenvalue weighted by Crippen LogP contribution is -2.36. The largest absolute Gasteiger partial charge is 0.353 e. The van der Waals surface area contributed by atoms with Gasteiger partial charge in [0, 0.05) is 44.6 Å². The molecule has 3 heteroatoms. The van der Waals surface area contributed by atoms with Crippen LogP contribution in [0.5, 0.6) is 0 Å². The van der Waals surface area contributed by atoms with Gasteiger partial charge >= 0.3 is 0 Å². The average molecular weight is 223 g/mol. The highest BCUT2D eigenvalue weighted by Gasteiger charge is 2.05. The first-order chi connectivity index (χ1) is 7.65. The number of aryl methyl sites for hydroxylation is 1. The quantitative estimate of drug-likeness (QED) is 0.712. The highest BCUT2D eigenvalue weighted by Crippen LogP contribution is 1.99. The van der Waals surface area contributed by atoms with Gasteiger partial charge in [-0.1, -0.05) is 6.92 Å². The van der Waals surface area contributed by atoms with Crippen molar-refractivity contribution in [3.63, 3.8) is 0 Å². The van der Waals surface area contributed by atoms with Gasteiger partial charge in [-0.15, -0.1) is 0 Å². The molecule has 0 aliphatic heterocycles. The Balaban J connectivity index is 2.19. The van der Waals surface area contributed by atoms with E-state index < -0.39 is 0 Å².